The summed E-state index contributed by atoms with van der Waals surface area (Å²) in [6.45, 7) is 2.36. The highest BCUT2D eigenvalue weighted by molar-refractivity contribution is 5.05. The summed E-state index contributed by atoms with van der Waals surface area (Å²) >= 11 is 0. The van der Waals surface area contributed by atoms with Gasteiger partial charge in [-0.2, -0.15) is 0 Å². The van der Waals surface area contributed by atoms with Crippen molar-refractivity contribution in [1.29, 1.82) is 0 Å². The van der Waals surface area contributed by atoms with Gasteiger partial charge in [0.05, 0.1) is 0 Å². The van der Waals surface area contributed by atoms with E-state index in [0.29, 0.717) is 0 Å². The van der Waals surface area contributed by atoms with Crippen molar-refractivity contribution in [3.8, 4) is 0 Å². The SMILES string of the molecule is C1=C\CCCCCC[n+]2cccc(c2)CCCCCCCCCCCC[n+]2cccc(c2)CCCCCC/1.[Cl-].[I-]. The van der Waals surface area contributed by atoms with Crippen LogP contribution in [0.4, 0.5) is 0 Å². The molecule has 0 amide bonds. The molecule has 0 radical (unpaired) electrons. The maximum atomic E-state index is 2.43. The average Bonchev–Trinajstić information content (AvgIpc) is 2.94. The summed E-state index contributed by atoms with van der Waals surface area (Å²) in [5.41, 5.74) is 3.04. The van der Waals surface area contributed by atoms with E-state index in [1.54, 1.807) is 0 Å². The molecule has 4 bridgehead atoms. The van der Waals surface area contributed by atoms with Crippen LogP contribution < -0.4 is 45.5 Å². The van der Waals surface area contributed by atoms with Gasteiger partial charge in [-0.15, -0.1) is 0 Å². The van der Waals surface area contributed by atoms with Gasteiger partial charge in [0, 0.05) is 36.1 Å². The molecule has 2 nitrogen and oxygen atoms in total. The van der Waals surface area contributed by atoms with E-state index < -0.39 is 0 Å². The van der Waals surface area contributed by atoms with Crippen molar-refractivity contribution in [3.63, 3.8) is 0 Å². The van der Waals surface area contributed by atoms with Gasteiger partial charge in [-0.25, -0.2) is 9.13 Å². The topological polar surface area (TPSA) is 7.76 Å². The lowest BCUT2D eigenvalue weighted by Gasteiger charge is -2.04. The zero-order valence-corrected chi connectivity index (χ0v) is 28.3. The molecule has 0 saturated carbocycles. The van der Waals surface area contributed by atoms with Crippen molar-refractivity contribution < 1.29 is 45.5 Å². The number of pyridine rings is 2. The van der Waals surface area contributed by atoms with Gasteiger partial charge in [0.25, 0.3) is 0 Å². The molecule has 2 aromatic heterocycles. The Kier molecular flexibility index (Phi) is 23.9. The zero-order chi connectivity index (χ0) is 26.4. The first-order valence-corrected chi connectivity index (χ1v) is 16.5. The van der Waals surface area contributed by atoms with E-state index in [0.717, 1.165) is 0 Å². The number of rotatable bonds is 0. The summed E-state index contributed by atoms with van der Waals surface area (Å²) in [7, 11) is 0. The normalized spacial score (nSPS) is 19.4. The lowest BCUT2D eigenvalue weighted by Crippen LogP contribution is -3.00. The molecule has 1 aliphatic heterocycles. The Bertz CT molecular complexity index is 813. The summed E-state index contributed by atoms with van der Waals surface area (Å²) in [6.07, 6.45) is 43.9. The van der Waals surface area contributed by atoms with Crippen LogP contribution >= 0.6 is 0 Å². The van der Waals surface area contributed by atoms with Crippen LogP contribution in [0.2, 0.25) is 0 Å². The molecule has 4 heteroatoms. The van der Waals surface area contributed by atoms with Crippen LogP contribution in [0.5, 0.6) is 0 Å². The highest BCUT2D eigenvalue weighted by Gasteiger charge is 2.05. The van der Waals surface area contributed by atoms with E-state index in [2.05, 4.69) is 70.3 Å². The Balaban J connectivity index is 0.00000400. The van der Waals surface area contributed by atoms with Crippen molar-refractivity contribution in [1.82, 2.24) is 0 Å². The van der Waals surface area contributed by atoms with Gasteiger partial charge in [-0.3, -0.25) is 0 Å². The number of fused-ring (bicyclic) bond motifs is 4. The predicted molar refractivity (Wildman–Crippen MR) is 162 cm³/mol. The molecule has 3 heterocycles. The molecule has 3 rings (SSSR count). The number of halogens is 2. The summed E-state index contributed by atoms with van der Waals surface area (Å²) in [5, 5.41) is 0. The van der Waals surface area contributed by atoms with E-state index >= 15 is 0 Å². The highest BCUT2D eigenvalue weighted by atomic mass is 127. The van der Waals surface area contributed by atoms with Crippen molar-refractivity contribution in [2.45, 2.75) is 154 Å². The van der Waals surface area contributed by atoms with Crippen molar-refractivity contribution in [2.75, 3.05) is 0 Å². The van der Waals surface area contributed by atoms with Gasteiger partial charge < -0.3 is 36.4 Å². The van der Waals surface area contributed by atoms with Gasteiger partial charge in [-0.05, 0) is 76.3 Å². The fourth-order valence-corrected chi connectivity index (χ4v) is 5.85. The fraction of sp³-hybridized carbons (Fsp3) is 0.667. The van der Waals surface area contributed by atoms with Crippen LogP contribution in [0.3, 0.4) is 0 Å². The molecular weight excluding hydrogens is 623 g/mol. The lowest BCUT2D eigenvalue weighted by atomic mass is 10.0. The molecule has 0 fully saturated rings. The van der Waals surface area contributed by atoms with Gasteiger partial charge in [-0.1, -0.05) is 76.4 Å². The van der Waals surface area contributed by atoms with Crippen LogP contribution in [0.25, 0.3) is 0 Å². The molecule has 0 spiro atoms. The number of allylic oxidation sites excluding steroid dienone is 2. The van der Waals surface area contributed by atoms with Crippen LogP contribution in [-0.4, -0.2) is 0 Å². The predicted octanol–water partition coefficient (Wildman–Crippen LogP) is 3.43. The second-order valence-corrected chi connectivity index (χ2v) is 11.8. The number of aryl methyl sites for hydroxylation is 4. The number of hydrogen-bond donors (Lipinski definition) is 0. The smallest absolute Gasteiger partial charge is 0.171 e. The minimum absolute atomic E-state index is 0. The Morgan fingerprint density at radius 3 is 1.20 bits per heavy atom. The van der Waals surface area contributed by atoms with Crippen molar-refractivity contribution >= 4 is 0 Å². The first kappa shape index (κ1) is 37.1. The van der Waals surface area contributed by atoms with E-state index in [9.17, 15) is 0 Å². The van der Waals surface area contributed by atoms with Crippen molar-refractivity contribution in [3.05, 3.63) is 72.3 Å². The minimum Gasteiger partial charge on any atom is -1.00 e. The maximum Gasteiger partial charge on any atom is 0.171 e. The number of hydrogen-bond acceptors (Lipinski definition) is 0. The third-order valence-corrected chi connectivity index (χ3v) is 8.26. The van der Waals surface area contributed by atoms with E-state index in [-0.39, 0.29) is 36.4 Å². The summed E-state index contributed by atoms with van der Waals surface area (Å²) < 4.78 is 4.85. The average molecular weight is 681 g/mol. The van der Waals surface area contributed by atoms with Gasteiger partial charge in [0.15, 0.2) is 24.8 Å². The van der Waals surface area contributed by atoms with Gasteiger partial charge in [0.2, 0.25) is 0 Å². The van der Waals surface area contributed by atoms with Gasteiger partial charge >= 0.3 is 0 Å². The molecule has 0 unspecified atom stereocenters. The maximum absolute atomic E-state index is 2.43. The quantitative estimate of drug-likeness (QED) is 0.229. The van der Waals surface area contributed by atoms with E-state index in [1.807, 2.05) is 0 Å². The molecule has 40 heavy (non-hydrogen) atoms. The number of nitrogens with zero attached hydrogens (tertiary/aromatic N) is 2. The van der Waals surface area contributed by atoms with Crippen LogP contribution in [-0.2, 0) is 25.9 Å². The van der Waals surface area contributed by atoms with Crippen molar-refractivity contribution in [2.24, 2.45) is 0 Å². The molecule has 0 atom stereocenters. The van der Waals surface area contributed by atoms with Crippen LogP contribution in [0, 0.1) is 0 Å². The summed E-state index contributed by atoms with van der Waals surface area (Å²) in [5.74, 6) is 0. The Morgan fingerprint density at radius 1 is 0.425 bits per heavy atom. The molecule has 0 aliphatic carbocycles. The Labute approximate surface area is 270 Å². The van der Waals surface area contributed by atoms with Crippen LogP contribution in [0.15, 0.2) is 61.2 Å². The third-order valence-electron chi connectivity index (χ3n) is 8.26. The largest absolute Gasteiger partial charge is 1.00 e. The standard InChI is InChI=1S/C36H58N2.ClH.HI/c1-2-5-9-13-17-21-29-37-31-24-28-36(34-37)26-20-16-12-8-4-6-10-14-18-22-30-38-32-23-27-35(33-38)25-19-15-11-7-3-1;;/h1-2,23-24,27-28,31-34H,3-22,25-26,29-30H2;2*1H/q+2;;/p-2/b2-1-;;. The summed E-state index contributed by atoms with van der Waals surface area (Å²) in [4.78, 5) is 0. The molecule has 1 aliphatic rings. The highest BCUT2D eigenvalue weighted by Crippen LogP contribution is 2.13. The molecular formula is C36H58ClIN2. The molecule has 0 aromatic carbocycles. The van der Waals surface area contributed by atoms with E-state index in [1.165, 1.54) is 165 Å². The summed E-state index contributed by atoms with van der Waals surface area (Å²) in [6, 6.07) is 9.15. The Morgan fingerprint density at radius 2 is 0.775 bits per heavy atom. The third kappa shape index (κ3) is 18.5. The number of aromatic nitrogens is 2. The first-order valence-electron chi connectivity index (χ1n) is 16.5. The molecule has 0 saturated heterocycles. The van der Waals surface area contributed by atoms with E-state index in [4.69, 9.17) is 0 Å². The molecule has 2 aromatic rings. The Hall–Kier alpha value is -0.940. The monoisotopic (exact) mass is 680 g/mol. The second kappa shape index (κ2) is 25.7. The van der Waals surface area contributed by atoms with Crippen LogP contribution in [0.1, 0.15) is 140 Å². The first-order chi connectivity index (χ1) is 18.9. The fourth-order valence-electron chi connectivity index (χ4n) is 5.85. The second-order valence-electron chi connectivity index (χ2n) is 11.8. The molecule has 0 N–H and O–H groups in total. The zero-order valence-electron chi connectivity index (χ0n) is 25.4. The van der Waals surface area contributed by atoms with Gasteiger partial charge in [0.1, 0.15) is 13.1 Å². The minimum atomic E-state index is 0. The molecule has 226 valence electrons. The lowest BCUT2D eigenvalue weighted by molar-refractivity contribution is -0.697.